The molecule has 0 radical (unpaired) electrons. The van der Waals surface area contributed by atoms with Crippen molar-refractivity contribution in [3.05, 3.63) is 29.8 Å². The lowest BCUT2D eigenvalue weighted by molar-refractivity contribution is -0.126. The van der Waals surface area contributed by atoms with Gasteiger partial charge in [0, 0.05) is 17.9 Å². The molecule has 0 bridgehead atoms. The van der Waals surface area contributed by atoms with Gasteiger partial charge in [-0.2, -0.15) is 4.99 Å². The second kappa shape index (κ2) is 6.58. The number of thioether (sulfide) groups is 1. The van der Waals surface area contributed by atoms with Crippen molar-refractivity contribution >= 4 is 38.4 Å². The molecule has 140 valence electrons. The van der Waals surface area contributed by atoms with E-state index in [1.807, 2.05) is 0 Å². The van der Waals surface area contributed by atoms with Gasteiger partial charge in [-0.25, -0.2) is 17.2 Å². The van der Waals surface area contributed by atoms with Gasteiger partial charge in [-0.05, 0) is 25.0 Å². The number of fused-ring (bicyclic) bond motifs is 1. The molecule has 6 nitrogen and oxygen atoms in total. The third kappa shape index (κ3) is 3.25. The lowest BCUT2D eigenvalue weighted by Crippen LogP contribution is -2.38. The molecular formula is C16H16F2N2O4S2. The summed E-state index contributed by atoms with van der Waals surface area (Å²) in [7, 11) is -3.26. The smallest absolute Gasteiger partial charge is 0.277 e. The molecule has 1 aromatic carbocycles. The number of amides is 1. The number of ether oxygens (including phenoxy) is 1. The van der Waals surface area contributed by atoms with E-state index in [4.69, 9.17) is 4.74 Å². The Morgan fingerprint density at radius 2 is 2.12 bits per heavy atom. The maximum Gasteiger partial charge on any atom is 0.277 e. The van der Waals surface area contributed by atoms with Crippen LogP contribution in [0.25, 0.3) is 0 Å². The van der Waals surface area contributed by atoms with Crippen molar-refractivity contribution in [3.63, 3.8) is 0 Å². The molecule has 0 aromatic heterocycles. The van der Waals surface area contributed by atoms with Gasteiger partial charge in [0.2, 0.25) is 0 Å². The van der Waals surface area contributed by atoms with Crippen LogP contribution in [0, 0.1) is 11.6 Å². The third-order valence-electron chi connectivity index (χ3n) is 4.65. The third-order valence-corrected chi connectivity index (χ3v) is 7.86. The zero-order valence-corrected chi connectivity index (χ0v) is 15.2. The molecule has 4 rings (SSSR count). The number of rotatable bonds is 2. The van der Waals surface area contributed by atoms with Crippen molar-refractivity contribution in [2.24, 2.45) is 4.99 Å². The van der Waals surface area contributed by atoms with Gasteiger partial charge in [-0.1, -0.05) is 11.8 Å². The Hall–Kier alpha value is -1.52. The molecule has 3 saturated heterocycles. The number of carbonyl (C=O) groups excluding carboxylic acids is 1. The van der Waals surface area contributed by atoms with E-state index >= 15 is 0 Å². The highest BCUT2D eigenvalue weighted by Gasteiger charge is 2.50. The average Bonchev–Trinajstić information content (AvgIpc) is 3.23. The van der Waals surface area contributed by atoms with Crippen LogP contribution >= 0.6 is 11.8 Å². The Morgan fingerprint density at radius 3 is 2.81 bits per heavy atom. The summed E-state index contributed by atoms with van der Waals surface area (Å²) in [6.07, 6.45) is 0.729. The molecular weight excluding hydrogens is 386 g/mol. The maximum absolute atomic E-state index is 14.4. The largest absolute Gasteiger partial charge is 0.368 e. The summed E-state index contributed by atoms with van der Waals surface area (Å²) in [5.74, 6) is -2.24. The van der Waals surface area contributed by atoms with Crippen LogP contribution in [0.1, 0.15) is 12.8 Å². The van der Waals surface area contributed by atoms with Gasteiger partial charge in [0.25, 0.3) is 5.91 Å². The van der Waals surface area contributed by atoms with Crippen LogP contribution in [0.3, 0.4) is 0 Å². The van der Waals surface area contributed by atoms with Crippen LogP contribution < -0.4 is 4.90 Å². The van der Waals surface area contributed by atoms with Gasteiger partial charge >= 0.3 is 0 Å². The van der Waals surface area contributed by atoms with Crippen molar-refractivity contribution in [3.8, 4) is 0 Å². The molecule has 10 heteroatoms. The zero-order valence-electron chi connectivity index (χ0n) is 13.6. The summed E-state index contributed by atoms with van der Waals surface area (Å²) in [5.41, 5.74) is 0.0161. The highest BCUT2D eigenvalue weighted by molar-refractivity contribution is 8.16. The molecule has 3 atom stereocenters. The van der Waals surface area contributed by atoms with E-state index in [0.717, 1.165) is 30.3 Å². The van der Waals surface area contributed by atoms with Crippen molar-refractivity contribution < 1.29 is 26.7 Å². The molecule has 3 aliphatic rings. The van der Waals surface area contributed by atoms with Gasteiger partial charge in [-0.3, -0.25) is 4.79 Å². The summed E-state index contributed by atoms with van der Waals surface area (Å²) in [4.78, 5) is 17.9. The van der Waals surface area contributed by atoms with E-state index in [1.54, 1.807) is 0 Å². The van der Waals surface area contributed by atoms with E-state index in [9.17, 15) is 22.0 Å². The van der Waals surface area contributed by atoms with Crippen LogP contribution in [-0.2, 0) is 19.4 Å². The van der Waals surface area contributed by atoms with E-state index in [0.29, 0.717) is 13.0 Å². The number of sulfone groups is 1. The normalized spacial score (nSPS) is 31.5. The highest BCUT2D eigenvalue weighted by Crippen LogP contribution is 2.42. The Kier molecular flexibility index (Phi) is 4.52. The van der Waals surface area contributed by atoms with Crippen LogP contribution in [0.5, 0.6) is 0 Å². The van der Waals surface area contributed by atoms with Crippen LogP contribution in [-0.4, -0.2) is 55.0 Å². The average molecular weight is 402 g/mol. The van der Waals surface area contributed by atoms with Crippen molar-refractivity contribution in [2.75, 3.05) is 23.0 Å². The number of halogens is 2. The molecule has 3 aliphatic heterocycles. The minimum atomic E-state index is -3.26. The zero-order chi connectivity index (χ0) is 18.5. The molecule has 26 heavy (non-hydrogen) atoms. The molecule has 3 fully saturated rings. The fraction of sp³-hybridized carbons (Fsp3) is 0.500. The first-order chi connectivity index (χ1) is 12.3. The van der Waals surface area contributed by atoms with E-state index in [-0.39, 0.29) is 27.6 Å². The Morgan fingerprint density at radius 1 is 1.31 bits per heavy atom. The lowest BCUT2D eigenvalue weighted by Gasteiger charge is -2.25. The molecule has 0 aliphatic carbocycles. The van der Waals surface area contributed by atoms with Crippen LogP contribution in [0.15, 0.2) is 23.2 Å². The first kappa shape index (κ1) is 17.9. The molecule has 1 aromatic rings. The van der Waals surface area contributed by atoms with Crippen LogP contribution in [0.2, 0.25) is 0 Å². The number of benzene rings is 1. The number of anilines is 1. The molecule has 0 unspecified atom stereocenters. The van der Waals surface area contributed by atoms with Gasteiger partial charge in [0.05, 0.1) is 23.2 Å². The molecule has 0 N–H and O–H groups in total. The van der Waals surface area contributed by atoms with Crippen LogP contribution in [0.4, 0.5) is 14.5 Å². The SMILES string of the molecule is O=C(N=C1S[C@@H]2CS(=O)(=O)C[C@H]2N1c1ccc(F)cc1F)[C@@H]1CCCO1. The number of hydrogen-bond acceptors (Lipinski definition) is 5. The summed E-state index contributed by atoms with van der Waals surface area (Å²) in [5, 5.41) is -0.110. The summed E-state index contributed by atoms with van der Waals surface area (Å²) < 4.78 is 56.9. The number of amidine groups is 1. The highest BCUT2D eigenvalue weighted by atomic mass is 32.2. The minimum absolute atomic E-state index is 0.0161. The number of nitrogens with zero attached hydrogens (tertiary/aromatic N) is 2. The second-order valence-electron chi connectivity index (χ2n) is 6.50. The molecule has 3 heterocycles. The predicted octanol–water partition coefficient (Wildman–Crippen LogP) is 1.75. The summed E-state index contributed by atoms with van der Waals surface area (Å²) in [6.45, 7) is 0.494. The molecule has 0 saturated carbocycles. The lowest BCUT2D eigenvalue weighted by atomic mass is 10.2. The monoisotopic (exact) mass is 402 g/mol. The molecule has 0 spiro atoms. The standard InChI is InChI=1S/C16H16F2N2O4S2/c17-9-3-4-11(10(18)6-9)20-12-7-26(22,23)8-14(12)25-16(20)19-15(21)13-2-1-5-24-13/h3-4,6,12-14H,1-2,5,7-8H2/t12-,13+,14-/m1/s1. The quantitative estimate of drug-likeness (QED) is 0.750. The Labute approximate surface area is 153 Å². The van der Waals surface area contributed by atoms with Crippen molar-refractivity contribution in [2.45, 2.75) is 30.2 Å². The second-order valence-corrected chi connectivity index (χ2v) is 9.86. The fourth-order valence-electron chi connectivity index (χ4n) is 3.46. The predicted molar refractivity (Wildman–Crippen MR) is 94.1 cm³/mol. The fourth-order valence-corrected chi connectivity index (χ4v) is 7.37. The van der Waals surface area contributed by atoms with Gasteiger partial charge in [0.15, 0.2) is 15.0 Å². The topological polar surface area (TPSA) is 76.0 Å². The maximum atomic E-state index is 14.4. The summed E-state index contributed by atoms with van der Waals surface area (Å²) in [6, 6.07) is 2.53. The summed E-state index contributed by atoms with van der Waals surface area (Å²) >= 11 is 1.15. The van der Waals surface area contributed by atoms with Gasteiger partial charge in [0.1, 0.15) is 17.7 Å². The molecule has 1 amide bonds. The van der Waals surface area contributed by atoms with E-state index < -0.39 is 39.5 Å². The van der Waals surface area contributed by atoms with Gasteiger partial charge in [-0.15, -0.1) is 0 Å². The first-order valence-electron chi connectivity index (χ1n) is 8.19. The number of aliphatic imine (C=N–C) groups is 1. The Balaban J connectivity index is 1.72. The van der Waals surface area contributed by atoms with Crippen molar-refractivity contribution in [1.82, 2.24) is 0 Å². The first-order valence-corrected chi connectivity index (χ1v) is 10.9. The Bertz CT molecular complexity index is 884. The van der Waals surface area contributed by atoms with E-state index in [1.165, 1.54) is 11.0 Å². The number of hydrogen-bond donors (Lipinski definition) is 0. The minimum Gasteiger partial charge on any atom is -0.368 e. The van der Waals surface area contributed by atoms with Gasteiger partial charge < -0.3 is 9.64 Å². The number of carbonyl (C=O) groups is 1. The van der Waals surface area contributed by atoms with E-state index in [2.05, 4.69) is 4.99 Å². The van der Waals surface area contributed by atoms with Crippen molar-refractivity contribution in [1.29, 1.82) is 0 Å².